The molecule has 0 bridgehead atoms. The van der Waals surface area contributed by atoms with E-state index in [4.69, 9.17) is 8.92 Å². The molecule has 0 aliphatic carbocycles. The Balaban J connectivity index is 2.44. The van der Waals surface area contributed by atoms with E-state index in [1.807, 2.05) is 32.0 Å². The van der Waals surface area contributed by atoms with Crippen LogP contribution < -0.4 is 4.74 Å². The van der Waals surface area contributed by atoms with Gasteiger partial charge in [0, 0.05) is 19.1 Å². The number of rotatable bonds is 9. The van der Waals surface area contributed by atoms with Crippen LogP contribution in [0.2, 0.25) is 0 Å². The quantitative estimate of drug-likeness (QED) is 0.652. The SMILES string of the molecule is COC(=O)CCc1ccc(OCCC(C)OS(C)=O)cc1C. The maximum atomic E-state index is 11.2. The first kappa shape index (κ1) is 18.6. The van der Waals surface area contributed by atoms with Crippen molar-refractivity contribution in [1.29, 1.82) is 0 Å². The van der Waals surface area contributed by atoms with Gasteiger partial charge in [-0.3, -0.25) is 8.98 Å². The van der Waals surface area contributed by atoms with Gasteiger partial charge in [0.15, 0.2) is 11.1 Å². The molecule has 0 fully saturated rings. The molecule has 1 aromatic carbocycles. The summed E-state index contributed by atoms with van der Waals surface area (Å²) >= 11 is -1.25. The zero-order valence-electron chi connectivity index (χ0n) is 13.6. The molecule has 124 valence electrons. The Bertz CT molecular complexity index is 515. The van der Waals surface area contributed by atoms with Gasteiger partial charge in [0.1, 0.15) is 5.75 Å². The molecule has 0 aromatic heterocycles. The Morgan fingerprint density at radius 1 is 1.36 bits per heavy atom. The van der Waals surface area contributed by atoms with Crippen LogP contribution in [0.4, 0.5) is 0 Å². The van der Waals surface area contributed by atoms with E-state index in [-0.39, 0.29) is 12.1 Å². The topological polar surface area (TPSA) is 61.8 Å². The Labute approximate surface area is 134 Å². The van der Waals surface area contributed by atoms with Crippen LogP contribution in [0.3, 0.4) is 0 Å². The molecule has 0 N–H and O–H groups in total. The van der Waals surface area contributed by atoms with Crippen molar-refractivity contribution < 1.29 is 22.7 Å². The van der Waals surface area contributed by atoms with Crippen molar-refractivity contribution in [2.24, 2.45) is 0 Å². The second-order valence-corrected chi connectivity index (χ2v) is 6.10. The predicted molar refractivity (Wildman–Crippen MR) is 86.2 cm³/mol. The zero-order chi connectivity index (χ0) is 16.5. The van der Waals surface area contributed by atoms with E-state index in [1.165, 1.54) is 13.4 Å². The van der Waals surface area contributed by atoms with Crippen molar-refractivity contribution in [3.05, 3.63) is 29.3 Å². The smallest absolute Gasteiger partial charge is 0.305 e. The summed E-state index contributed by atoms with van der Waals surface area (Å²) in [7, 11) is 1.39. The van der Waals surface area contributed by atoms with Crippen LogP contribution in [0.1, 0.15) is 30.9 Å². The lowest BCUT2D eigenvalue weighted by Gasteiger charge is -2.13. The molecular formula is C16H24O5S. The fraction of sp³-hybridized carbons (Fsp3) is 0.562. The molecule has 0 aliphatic rings. The third-order valence-corrected chi connectivity index (χ3v) is 3.83. The van der Waals surface area contributed by atoms with Gasteiger partial charge in [-0.2, -0.15) is 0 Å². The van der Waals surface area contributed by atoms with Gasteiger partial charge in [0.05, 0.1) is 19.8 Å². The molecule has 0 spiro atoms. The lowest BCUT2D eigenvalue weighted by molar-refractivity contribution is -0.140. The number of benzene rings is 1. The summed E-state index contributed by atoms with van der Waals surface area (Å²) in [5, 5.41) is 0. The zero-order valence-corrected chi connectivity index (χ0v) is 14.4. The summed E-state index contributed by atoms with van der Waals surface area (Å²) in [5.41, 5.74) is 2.19. The third-order valence-electron chi connectivity index (χ3n) is 3.23. The minimum atomic E-state index is -1.25. The Morgan fingerprint density at radius 2 is 2.09 bits per heavy atom. The summed E-state index contributed by atoms with van der Waals surface area (Å²) < 4.78 is 26.4. The summed E-state index contributed by atoms with van der Waals surface area (Å²) in [6, 6.07) is 5.81. The van der Waals surface area contributed by atoms with Gasteiger partial charge in [-0.15, -0.1) is 0 Å². The van der Waals surface area contributed by atoms with Crippen molar-refractivity contribution in [2.45, 2.75) is 39.2 Å². The number of carbonyl (C=O) groups excluding carboxylic acids is 1. The van der Waals surface area contributed by atoms with E-state index in [0.29, 0.717) is 25.9 Å². The van der Waals surface area contributed by atoms with E-state index in [2.05, 4.69) is 4.74 Å². The largest absolute Gasteiger partial charge is 0.493 e. The highest BCUT2D eigenvalue weighted by molar-refractivity contribution is 7.79. The fourth-order valence-corrected chi connectivity index (χ4v) is 2.56. The number of methoxy groups -OCH3 is 1. The number of carbonyl (C=O) groups is 1. The van der Waals surface area contributed by atoms with Crippen molar-refractivity contribution >= 4 is 17.0 Å². The van der Waals surface area contributed by atoms with Crippen LogP contribution in [0.5, 0.6) is 5.75 Å². The highest BCUT2D eigenvalue weighted by atomic mass is 32.2. The highest BCUT2D eigenvalue weighted by Crippen LogP contribution is 2.19. The van der Waals surface area contributed by atoms with Gasteiger partial charge in [0.25, 0.3) is 0 Å². The minimum absolute atomic E-state index is 0.105. The standard InChI is InChI=1S/C16H24O5S/c1-12-11-15(20-10-9-13(2)21-22(4)18)7-5-14(12)6-8-16(17)19-3/h5,7,11,13H,6,8-10H2,1-4H3. The maximum absolute atomic E-state index is 11.2. The van der Waals surface area contributed by atoms with Crippen LogP contribution in [0.15, 0.2) is 18.2 Å². The van der Waals surface area contributed by atoms with E-state index >= 15 is 0 Å². The first-order valence-corrected chi connectivity index (χ1v) is 8.70. The molecule has 1 rings (SSSR count). The molecule has 6 heteroatoms. The van der Waals surface area contributed by atoms with Gasteiger partial charge in [-0.25, -0.2) is 4.21 Å². The minimum Gasteiger partial charge on any atom is -0.493 e. The molecule has 0 amide bonds. The van der Waals surface area contributed by atoms with E-state index in [9.17, 15) is 9.00 Å². The molecule has 0 heterocycles. The van der Waals surface area contributed by atoms with E-state index in [1.54, 1.807) is 0 Å². The molecule has 2 atom stereocenters. The van der Waals surface area contributed by atoms with Crippen molar-refractivity contribution in [3.8, 4) is 5.75 Å². The summed E-state index contributed by atoms with van der Waals surface area (Å²) in [4.78, 5) is 11.2. The van der Waals surface area contributed by atoms with Gasteiger partial charge in [-0.05, 0) is 43.5 Å². The molecule has 0 aliphatic heterocycles. The van der Waals surface area contributed by atoms with Gasteiger partial charge in [-0.1, -0.05) is 6.07 Å². The molecule has 0 radical (unpaired) electrons. The number of esters is 1. The van der Waals surface area contributed by atoms with E-state index < -0.39 is 11.1 Å². The number of hydrogen-bond donors (Lipinski definition) is 0. The van der Waals surface area contributed by atoms with Gasteiger partial charge >= 0.3 is 5.97 Å². The number of hydrogen-bond acceptors (Lipinski definition) is 5. The number of aryl methyl sites for hydroxylation is 2. The molecule has 22 heavy (non-hydrogen) atoms. The van der Waals surface area contributed by atoms with Gasteiger partial charge in [0.2, 0.25) is 0 Å². The summed E-state index contributed by atoms with van der Waals surface area (Å²) in [6.45, 7) is 4.36. The van der Waals surface area contributed by atoms with Crippen LogP contribution >= 0.6 is 0 Å². The maximum Gasteiger partial charge on any atom is 0.305 e. The second-order valence-electron chi connectivity index (χ2n) is 5.11. The van der Waals surface area contributed by atoms with Crippen LogP contribution in [-0.4, -0.2) is 36.3 Å². The second kappa shape index (κ2) is 9.58. The highest BCUT2D eigenvalue weighted by Gasteiger charge is 2.07. The van der Waals surface area contributed by atoms with Crippen LogP contribution in [-0.2, 0) is 31.2 Å². The lowest BCUT2D eigenvalue weighted by atomic mass is 10.0. The molecular weight excluding hydrogens is 304 g/mol. The van der Waals surface area contributed by atoms with E-state index in [0.717, 1.165) is 16.9 Å². The predicted octanol–water partition coefficient (Wildman–Crippen LogP) is 2.57. The van der Waals surface area contributed by atoms with Crippen LogP contribution in [0, 0.1) is 6.92 Å². The van der Waals surface area contributed by atoms with Gasteiger partial charge < -0.3 is 9.47 Å². The van der Waals surface area contributed by atoms with Crippen LogP contribution in [0.25, 0.3) is 0 Å². The molecule has 1 aromatic rings. The first-order valence-electron chi connectivity index (χ1n) is 7.22. The third kappa shape index (κ3) is 7.04. The Morgan fingerprint density at radius 3 is 2.68 bits per heavy atom. The molecule has 0 saturated heterocycles. The Kier molecular flexibility index (Phi) is 8.12. The summed E-state index contributed by atoms with van der Waals surface area (Å²) in [6.07, 6.45) is 3.11. The summed E-state index contributed by atoms with van der Waals surface area (Å²) in [5.74, 6) is 0.575. The van der Waals surface area contributed by atoms with Crippen molar-refractivity contribution in [2.75, 3.05) is 20.0 Å². The average molecular weight is 328 g/mol. The lowest BCUT2D eigenvalue weighted by Crippen LogP contribution is -2.13. The normalized spacial score (nSPS) is 13.5. The molecule has 5 nitrogen and oxygen atoms in total. The molecule has 0 saturated carbocycles. The fourth-order valence-electron chi connectivity index (χ4n) is 2.00. The van der Waals surface area contributed by atoms with Crippen molar-refractivity contribution in [3.63, 3.8) is 0 Å². The van der Waals surface area contributed by atoms with Crippen molar-refractivity contribution in [1.82, 2.24) is 0 Å². The molecule has 2 unspecified atom stereocenters. The first-order chi connectivity index (χ1) is 10.4. The average Bonchev–Trinajstić information content (AvgIpc) is 2.45. The number of ether oxygens (including phenoxy) is 2. The monoisotopic (exact) mass is 328 g/mol. The Hall–Kier alpha value is -1.40.